The van der Waals surface area contributed by atoms with Gasteiger partial charge in [0.1, 0.15) is 22.8 Å². The number of methoxy groups -OCH3 is 1. The van der Waals surface area contributed by atoms with Crippen LogP contribution >= 0.6 is 0 Å². The number of ether oxygens (including phenoxy) is 1. The Morgan fingerprint density at radius 3 is 2.58 bits per heavy atom. The fourth-order valence-corrected chi connectivity index (χ4v) is 5.62. The number of aromatic hydroxyl groups is 1. The summed E-state index contributed by atoms with van der Waals surface area (Å²) in [4.78, 5) is 38.6. The largest absolute Gasteiger partial charge is 0.511 e. The van der Waals surface area contributed by atoms with E-state index in [0.717, 1.165) is 6.26 Å². The van der Waals surface area contributed by atoms with Crippen LogP contribution in [0.5, 0.6) is 5.75 Å². The normalized spacial score (nSPS) is 25.4. The highest BCUT2D eigenvalue weighted by Gasteiger charge is 2.60. The van der Waals surface area contributed by atoms with E-state index >= 15 is 0 Å². The van der Waals surface area contributed by atoms with Crippen molar-refractivity contribution >= 4 is 27.5 Å². The molecule has 0 fully saturated rings. The molecule has 0 saturated heterocycles. The number of rotatable bonds is 4. The van der Waals surface area contributed by atoms with Gasteiger partial charge in [-0.05, 0) is 36.5 Å². The lowest BCUT2D eigenvalue weighted by atomic mass is 9.60. The maximum absolute atomic E-state index is 13.6. The van der Waals surface area contributed by atoms with Crippen LogP contribution < -0.4 is 10.5 Å². The molecule has 3 aliphatic rings. The van der Waals surface area contributed by atoms with E-state index in [0.29, 0.717) is 11.1 Å². The smallest absolute Gasteiger partial charge is 0.255 e. The van der Waals surface area contributed by atoms with Crippen molar-refractivity contribution in [3.63, 3.8) is 0 Å². The van der Waals surface area contributed by atoms with Gasteiger partial charge in [0.05, 0.1) is 25.5 Å². The standard InChI is InChI=1S/C24H24N2O9S/c1-35-22-17-12(8-13-10-16(28)19(23(25)31)21(30)24(13,22)32)9-14-11(4-3-7-26-36(2,33)34)5-6-15(27)18(14)20(17)29/h5-6,12-13,26-28,32H,7-10H2,1-2H3,(H2,25,31)/t12-,13+,24-/m1/s1. The minimum Gasteiger partial charge on any atom is -0.511 e. The molecule has 0 saturated carbocycles. The van der Waals surface area contributed by atoms with Crippen molar-refractivity contribution in [3.8, 4) is 17.6 Å². The second kappa shape index (κ2) is 8.77. The molecule has 0 heterocycles. The topological polar surface area (TPSA) is 193 Å². The predicted molar refractivity (Wildman–Crippen MR) is 125 cm³/mol. The molecule has 4 rings (SSSR count). The number of carbonyl (C=O) groups is 3. The number of allylic oxidation sites excluding steroid dienone is 2. The molecule has 6 N–H and O–H groups in total. The highest BCUT2D eigenvalue weighted by atomic mass is 32.2. The molecule has 3 atom stereocenters. The lowest BCUT2D eigenvalue weighted by molar-refractivity contribution is -0.145. The molecule has 190 valence electrons. The quantitative estimate of drug-likeness (QED) is 0.261. The molecule has 36 heavy (non-hydrogen) atoms. The van der Waals surface area contributed by atoms with Crippen LogP contribution in [0.15, 0.2) is 34.8 Å². The van der Waals surface area contributed by atoms with E-state index in [1.165, 1.54) is 19.2 Å². The van der Waals surface area contributed by atoms with Gasteiger partial charge >= 0.3 is 0 Å². The van der Waals surface area contributed by atoms with Gasteiger partial charge in [0.2, 0.25) is 15.8 Å². The minimum absolute atomic E-state index is 0.0125. The van der Waals surface area contributed by atoms with Gasteiger partial charge in [-0.25, -0.2) is 13.1 Å². The summed E-state index contributed by atoms with van der Waals surface area (Å²) in [5.74, 6) is -0.214. The van der Waals surface area contributed by atoms with Gasteiger partial charge in [-0.3, -0.25) is 14.4 Å². The number of hydrogen-bond donors (Lipinski definition) is 5. The van der Waals surface area contributed by atoms with Gasteiger partial charge in [0, 0.05) is 23.5 Å². The fraction of sp³-hybridized carbons (Fsp3) is 0.375. The van der Waals surface area contributed by atoms with Crippen molar-refractivity contribution < 1.29 is 42.9 Å². The Balaban J connectivity index is 1.84. The number of primary amides is 1. The summed E-state index contributed by atoms with van der Waals surface area (Å²) < 4.78 is 30.2. The molecule has 0 aromatic heterocycles. The first-order valence-corrected chi connectivity index (χ1v) is 12.8. The average Bonchev–Trinajstić information content (AvgIpc) is 2.77. The number of benzene rings is 1. The van der Waals surface area contributed by atoms with Crippen molar-refractivity contribution in [1.29, 1.82) is 0 Å². The second-order valence-corrected chi connectivity index (χ2v) is 10.8. The Morgan fingerprint density at radius 2 is 1.97 bits per heavy atom. The fourth-order valence-electron chi connectivity index (χ4n) is 5.28. The monoisotopic (exact) mass is 516 g/mol. The molecular formula is C24H24N2O9S. The van der Waals surface area contributed by atoms with E-state index in [1.54, 1.807) is 0 Å². The Morgan fingerprint density at radius 1 is 1.28 bits per heavy atom. The summed E-state index contributed by atoms with van der Waals surface area (Å²) in [7, 11) is -2.27. The van der Waals surface area contributed by atoms with Crippen LogP contribution in [-0.2, 0) is 30.8 Å². The summed E-state index contributed by atoms with van der Waals surface area (Å²) >= 11 is 0. The maximum atomic E-state index is 13.6. The Labute approximate surface area is 206 Å². The van der Waals surface area contributed by atoms with Gasteiger partial charge in [0.15, 0.2) is 11.4 Å². The molecule has 0 spiro atoms. The van der Waals surface area contributed by atoms with Crippen LogP contribution in [0.2, 0.25) is 0 Å². The molecule has 0 radical (unpaired) electrons. The lowest BCUT2D eigenvalue weighted by Gasteiger charge is -2.46. The summed E-state index contributed by atoms with van der Waals surface area (Å²) in [6.45, 7) is -0.157. The number of aliphatic hydroxyl groups excluding tert-OH is 1. The zero-order chi connectivity index (χ0) is 26.6. The first-order valence-electron chi connectivity index (χ1n) is 10.9. The number of nitrogens with two attached hydrogens (primary N) is 1. The molecule has 1 aromatic carbocycles. The number of nitrogens with one attached hydrogen (secondary N) is 1. The molecule has 12 heteroatoms. The highest BCUT2D eigenvalue weighted by Crippen LogP contribution is 2.52. The highest BCUT2D eigenvalue weighted by molar-refractivity contribution is 7.88. The summed E-state index contributed by atoms with van der Waals surface area (Å²) in [6.07, 6.45) is 1.04. The second-order valence-electron chi connectivity index (χ2n) is 8.98. The third-order valence-electron chi connectivity index (χ3n) is 6.77. The van der Waals surface area contributed by atoms with Gasteiger partial charge in [-0.2, -0.15) is 0 Å². The van der Waals surface area contributed by atoms with Crippen LogP contribution in [0, 0.1) is 23.7 Å². The van der Waals surface area contributed by atoms with Crippen molar-refractivity contribution in [1.82, 2.24) is 4.72 Å². The van der Waals surface area contributed by atoms with Crippen molar-refractivity contribution in [3.05, 3.63) is 51.5 Å². The van der Waals surface area contributed by atoms with Crippen molar-refractivity contribution in [2.45, 2.75) is 24.9 Å². The van der Waals surface area contributed by atoms with Crippen LogP contribution in [0.1, 0.15) is 34.3 Å². The first-order chi connectivity index (χ1) is 16.8. The summed E-state index contributed by atoms with van der Waals surface area (Å²) in [5.41, 5.74) is 2.87. The minimum atomic E-state index is -3.44. The van der Waals surface area contributed by atoms with E-state index in [9.17, 15) is 38.1 Å². The first kappa shape index (κ1) is 25.4. The average molecular weight is 517 g/mol. The maximum Gasteiger partial charge on any atom is 0.255 e. The number of aliphatic hydroxyl groups is 2. The number of fused-ring (bicyclic) bond motifs is 3. The molecule has 0 bridgehead atoms. The number of sulfonamides is 1. The van der Waals surface area contributed by atoms with Crippen molar-refractivity contribution in [2.24, 2.45) is 17.6 Å². The molecule has 1 aromatic rings. The number of phenolic OH excluding ortho intramolecular Hbond substituents is 1. The summed E-state index contributed by atoms with van der Waals surface area (Å²) in [6, 6.07) is 2.79. The lowest BCUT2D eigenvalue weighted by Crippen LogP contribution is -2.57. The number of Topliss-reactive ketones (excluding diaryl/α,β-unsaturated/α-hetero) is 2. The number of amides is 1. The van der Waals surface area contributed by atoms with Crippen LogP contribution in [0.25, 0.3) is 0 Å². The molecule has 3 aliphatic carbocycles. The zero-order valence-electron chi connectivity index (χ0n) is 19.4. The zero-order valence-corrected chi connectivity index (χ0v) is 20.2. The van der Waals surface area contributed by atoms with E-state index in [1.807, 2.05) is 0 Å². The van der Waals surface area contributed by atoms with E-state index in [4.69, 9.17) is 10.5 Å². The number of hydrogen-bond acceptors (Lipinski definition) is 9. The Kier molecular flexibility index (Phi) is 6.20. The van der Waals surface area contributed by atoms with Crippen molar-refractivity contribution in [2.75, 3.05) is 19.9 Å². The van der Waals surface area contributed by atoms with E-state index < -0.39 is 56.3 Å². The Hall–Kier alpha value is -3.66. The molecule has 1 amide bonds. The van der Waals surface area contributed by atoms with Gasteiger partial charge < -0.3 is 25.8 Å². The number of phenols is 1. The van der Waals surface area contributed by atoms with Crippen LogP contribution in [-0.4, -0.2) is 66.7 Å². The van der Waals surface area contributed by atoms with Crippen LogP contribution in [0.3, 0.4) is 0 Å². The third kappa shape index (κ3) is 3.95. The molecule has 0 aliphatic heterocycles. The third-order valence-corrected chi connectivity index (χ3v) is 7.44. The van der Waals surface area contributed by atoms with E-state index in [2.05, 4.69) is 16.6 Å². The SMILES string of the molecule is COC1=C2C(=O)c3c(O)ccc(C#CCNS(C)(=O)=O)c3C[C@H]2C[C@H]2CC(O)=C(C(N)=O)C(=O)[C@@]12O. The van der Waals surface area contributed by atoms with Gasteiger partial charge in [-0.15, -0.1) is 0 Å². The molecule has 0 unspecified atom stereocenters. The summed E-state index contributed by atoms with van der Waals surface area (Å²) in [5, 5.41) is 32.3. The molecule has 11 nitrogen and oxygen atoms in total. The number of carbonyl (C=O) groups excluding carboxylic acids is 3. The van der Waals surface area contributed by atoms with E-state index in [-0.39, 0.29) is 48.5 Å². The molecular weight excluding hydrogens is 492 g/mol. The van der Waals surface area contributed by atoms with Gasteiger partial charge in [-0.1, -0.05) is 11.8 Å². The number of ketones is 2. The van der Waals surface area contributed by atoms with Gasteiger partial charge in [0.25, 0.3) is 5.91 Å². The van der Waals surface area contributed by atoms with Crippen LogP contribution in [0.4, 0.5) is 0 Å². The predicted octanol–water partition coefficient (Wildman–Crippen LogP) is -0.430. The Bertz CT molecular complexity index is 1450.